The molecule has 0 fully saturated rings. The lowest BCUT2D eigenvalue weighted by atomic mass is 9.84. The number of para-hydroxylation sites is 1. The molecule has 0 spiro atoms. The normalized spacial score (nSPS) is 11.9. The summed E-state index contributed by atoms with van der Waals surface area (Å²) in [5, 5.41) is 14.5. The number of nitrogens with zero attached hydrogens (tertiary/aromatic N) is 1. The van der Waals surface area contributed by atoms with E-state index in [2.05, 4.69) is 285 Å². The Morgan fingerprint density at radius 2 is 0.797 bits per heavy atom. The standard InChI is InChI=1S/C73H51N/c1-3-5-22-49(4-2)57-45-58(50-23-8-6-9-24-50)47-59(46-57)72-64-33-18-20-35-67(64)73(68-36-21-19-34-65(68)72)74(60-29-10-7-11-30-60)61-41-42-66-69(48-61)71(56-40-38-52-26-13-15-28-54(52)44-56)63-32-17-16-31-62(63)70(66)55-39-37-51-25-12-14-27-53(51)43-55/h3-48H,1H2,2H3/b22-5-,49-4+. The Morgan fingerprint density at radius 1 is 0.338 bits per heavy atom. The van der Waals surface area contributed by atoms with Crippen LogP contribution >= 0.6 is 0 Å². The zero-order chi connectivity index (χ0) is 49.5. The molecule has 0 saturated heterocycles. The van der Waals surface area contributed by atoms with Crippen LogP contribution in [0.3, 0.4) is 0 Å². The average molecular weight is 942 g/mol. The molecule has 1 nitrogen and oxygen atoms in total. The monoisotopic (exact) mass is 941 g/mol. The third-order valence-corrected chi connectivity index (χ3v) is 14.9. The molecule has 13 aromatic carbocycles. The third-order valence-electron chi connectivity index (χ3n) is 14.9. The molecule has 0 aliphatic carbocycles. The van der Waals surface area contributed by atoms with Gasteiger partial charge in [-0.05, 0) is 171 Å². The van der Waals surface area contributed by atoms with E-state index in [9.17, 15) is 0 Å². The van der Waals surface area contributed by atoms with E-state index in [1.54, 1.807) is 0 Å². The van der Waals surface area contributed by atoms with Crippen molar-refractivity contribution in [1.29, 1.82) is 0 Å². The van der Waals surface area contributed by atoms with E-state index in [-0.39, 0.29) is 0 Å². The molecule has 0 aliphatic rings. The number of hydrogen-bond donors (Lipinski definition) is 0. The van der Waals surface area contributed by atoms with Crippen LogP contribution < -0.4 is 4.90 Å². The van der Waals surface area contributed by atoms with Crippen molar-refractivity contribution in [2.45, 2.75) is 6.92 Å². The summed E-state index contributed by atoms with van der Waals surface area (Å²) in [6, 6.07) is 94.2. The number of fused-ring (bicyclic) bond motifs is 6. The summed E-state index contributed by atoms with van der Waals surface area (Å²) in [6.45, 7) is 6.10. The molecule has 13 rings (SSSR count). The maximum absolute atomic E-state index is 3.99. The summed E-state index contributed by atoms with van der Waals surface area (Å²) in [6.07, 6.45) is 8.20. The Bertz CT molecular complexity index is 4330. The molecule has 0 radical (unpaired) electrons. The molecule has 348 valence electrons. The highest BCUT2D eigenvalue weighted by atomic mass is 15.1. The van der Waals surface area contributed by atoms with Crippen molar-refractivity contribution in [3.63, 3.8) is 0 Å². The van der Waals surface area contributed by atoms with Crippen LogP contribution in [0.2, 0.25) is 0 Å². The number of hydrogen-bond acceptors (Lipinski definition) is 1. The minimum atomic E-state index is 1.08. The zero-order valence-corrected chi connectivity index (χ0v) is 41.2. The van der Waals surface area contributed by atoms with Gasteiger partial charge in [-0.1, -0.05) is 231 Å². The van der Waals surface area contributed by atoms with Crippen molar-refractivity contribution in [3.8, 4) is 44.5 Å². The van der Waals surface area contributed by atoms with Crippen LogP contribution in [-0.2, 0) is 0 Å². The highest BCUT2D eigenvalue weighted by molar-refractivity contribution is 6.25. The summed E-state index contributed by atoms with van der Waals surface area (Å²) in [5.41, 5.74) is 15.2. The highest BCUT2D eigenvalue weighted by Gasteiger charge is 2.25. The van der Waals surface area contributed by atoms with Crippen molar-refractivity contribution >= 4 is 87.3 Å². The average Bonchev–Trinajstić information content (AvgIpc) is 3.52. The minimum absolute atomic E-state index is 1.08. The molecular formula is C73H51N. The SMILES string of the molecule is C=C/C=C\C(=C/C)c1cc(-c2ccccc2)cc(-c2c3ccccc3c(N(c3ccccc3)c3ccc4c(-c5ccc6ccccc6c5)c5ccccc5c(-c5ccc6ccccc6c5)c4c3)c3ccccc23)c1. The van der Waals surface area contributed by atoms with Gasteiger partial charge < -0.3 is 4.90 Å². The summed E-state index contributed by atoms with van der Waals surface area (Å²) in [4.78, 5) is 2.51. The van der Waals surface area contributed by atoms with Crippen molar-refractivity contribution < 1.29 is 0 Å². The summed E-state index contributed by atoms with van der Waals surface area (Å²) in [5.74, 6) is 0. The Kier molecular flexibility index (Phi) is 11.3. The maximum Gasteiger partial charge on any atom is 0.0618 e. The van der Waals surface area contributed by atoms with Crippen LogP contribution in [0.5, 0.6) is 0 Å². The zero-order valence-electron chi connectivity index (χ0n) is 41.2. The molecule has 0 aliphatic heterocycles. The molecule has 0 saturated carbocycles. The molecule has 0 amide bonds. The van der Waals surface area contributed by atoms with Gasteiger partial charge in [0.1, 0.15) is 0 Å². The van der Waals surface area contributed by atoms with Gasteiger partial charge in [0.25, 0.3) is 0 Å². The molecule has 13 aromatic rings. The molecular weight excluding hydrogens is 891 g/mol. The maximum atomic E-state index is 3.99. The van der Waals surface area contributed by atoms with E-state index >= 15 is 0 Å². The first-order chi connectivity index (χ1) is 36.6. The van der Waals surface area contributed by atoms with Crippen LogP contribution in [-0.4, -0.2) is 0 Å². The summed E-state index contributed by atoms with van der Waals surface area (Å²) < 4.78 is 0. The first kappa shape index (κ1) is 44.4. The van der Waals surface area contributed by atoms with Gasteiger partial charge in [0.15, 0.2) is 0 Å². The molecule has 0 unspecified atom stereocenters. The van der Waals surface area contributed by atoms with Gasteiger partial charge >= 0.3 is 0 Å². The predicted molar refractivity (Wildman–Crippen MR) is 321 cm³/mol. The van der Waals surface area contributed by atoms with Gasteiger partial charge in [0.05, 0.1) is 5.69 Å². The number of allylic oxidation sites excluding steroid dienone is 5. The Labute approximate surface area is 432 Å². The van der Waals surface area contributed by atoms with E-state index in [4.69, 9.17) is 0 Å². The lowest BCUT2D eigenvalue weighted by Gasteiger charge is -2.30. The molecule has 0 heterocycles. The van der Waals surface area contributed by atoms with Crippen LogP contribution in [0.25, 0.3) is 115 Å². The van der Waals surface area contributed by atoms with Gasteiger partial charge in [-0.2, -0.15) is 0 Å². The van der Waals surface area contributed by atoms with E-state index in [0.717, 1.165) is 33.8 Å². The molecule has 0 aromatic heterocycles. The fourth-order valence-electron chi connectivity index (χ4n) is 11.5. The van der Waals surface area contributed by atoms with Crippen molar-refractivity contribution in [2.24, 2.45) is 0 Å². The van der Waals surface area contributed by atoms with E-state index in [1.165, 1.54) is 104 Å². The van der Waals surface area contributed by atoms with Crippen LogP contribution in [0.4, 0.5) is 17.1 Å². The van der Waals surface area contributed by atoms with Crippen molar-refractivity contribution in [2.75, 3.05) is 4.90 Å². The van der Waals surface area contributed by atoms with Crippen molar-refractivity contribution in [1.82, 2.24) is 0 Å². The van der Waals surface area contributed by atoms with E-state index < -0.39 is 0 Å². The highest BCUT2D eigenvalue weighted by Crippen LogP contribution is 2.51. The van der Waals surface area contributed by atoms with Crippen LogP contribution in [0, 0.1) is 0 Å². The van der Waals surface area contributed by atoms with Gasteiger partial charge in [-0.3, -0.25) is 0 Å². The Balaban J connectivity index is 1.12. The first-order valence-electron chi connectivity index (χ1n) is 25.6. The summed E-state index contributed by atoms with van der Waals surface area (Å²) in [7, 11) is 0. The molecule has 1 heteroatoms. The molecule has 0 atom stereocenters. The summed E-state index contributed by atoms with van der Waals surface area (Å²) >= 11 is 0. The topological polar surface area (TPSA) is 3.24 Å². The molecule has 0 bridgehead atoms. The van der Waals surface area contributed by atoms with Crippen LogP contribution in [0.1, 0.15) is 12.5 Å². The second kappa shape index (κ2) is 18.9. The predicted octanol–water partition coefficient (Wildman–Crippen LogP) is 20.9. The lowest BCUT2D eigenvalue weighted by molar-refractivity contribution is 1.32. The largest absolute Gasteiger partial charge is 0.309 e. The second-order valence-electron chi connectivity index (χ2n) is 19.1. The lowest BCUT2D eigenvalue weighted by Crippen LogP contribution is -2.11. The fraction of sp³-hybridized carbons (Fsp3) is 0.0137. The number of benzene rings is 13. The number of rotatable bonds is 10. The van der Waals surface area contributed by atoms with Gasteiger partial charge in [0, 0.05) is 22.1 Å². The molecule has 0 N–H and O–H groups in total. The number of anilines is 3. The van der Waals surface area contributed by atoms with E-state index in [1.807, 2.05) is 12.2 Å². The Hall–Kier alpha value is -9.56. The third kappa shape index (κ3) is 7.75. The minimum Gasteiger partial charge on any atom is -0.309 e. The second-order valence-corrected chi connectivity index (χ2v) is 19.1. The fourth-order valence-corrected chi connectivity index (χ4v) is 11.5. The van der Waals surface area contributed by atoms with Gasteiger partial charge in [-0.15, -0.1) is 0 Å². The van der Waals surface area contributed by atoms with Gasteiger partial charge in [-0.25, -0.2) is 0 Å². The van der Waals surface area contributed by atoms with Crippen LogP contribution in [0.15, 0.2) is 286 Å². The van der Waals surface area contributed by atoms with Gasteiger partial charge in [0.2, 0.25) is 0 Å². The van der Waals surface area contributed by atoms with Crippen molar-refractivity contribution in [3.05, 3.63) is 291 Å². The first-order valence-corrected chi connectivity index (χ1v) is 25.6. The Morgan fingerprint density at radius 3 is 1.36 bits per heavy atom. The smallest absolute Gasteiger partial charge is 0.0618 e. The quantitative estimate of drug-likeness (QED) is 0.0975. The molecule has 74 heavy (non-hydrogen) atoms. The van der Waals surface area contributed by atoms with E-state index in [0.29, 0.717) is 0 Å².